The van der Waals surface area contributed by atoms with Crippen molar-refractivity contribution in [3.63, 3.8) is 0 Å². The van der Waals surface area contributed by atoms with E-state index in [2.05, 4.69) is 10.2 Å². The summed E-state index contributed by atoms with van der Waals surface area (Å²) in [4.78, 5) is 28.3. The first-order chi connectivity index (χ1) is 11.8. The number of rotatable bonds is 6. The van der Waals surface area contributed by atoms with Gasteiger partial charge in [0.25, 0.3) is 5.91 Å². The molecule has 154 valence electrons. The fraction of sp³-hybridized carbons (Fsp3) is 0.556. The summed E-state index contributed by atoms with van der Waals surface area (Å²) in [6.07, 6.45) is 0. The smallest absolute Gasteiger partial charge is 0.251 e. The van der Waals surface area contributed by atoms with Crippen LogP contribution in [0.1, 0.15) is 24.2 Å². The fourth-order valence-corrected chi connectivity index (χ4v) is 2.75. The number of methoxy groups -OCH3 is 1. The van der Waals surface area contributed by atoms with Crippen molar-refractivity contribution in [2.24, 2.45) is 5.73 Å². The number of nitrogens with zero attached hydrogens (tertiary/aromatic N) is 2. The highest BCUT2D eigenvalue weighted by molar-refractivity contribution is 5.94. The monoisotopic (exact) mass is 420 g/mol. The van der Waals surface area contributed by atoms with Gasteiger partial charge >= 0.3 is 0 Å². The number of piperazine rings is 1. The number of benzene rings is 1. The Morgan fingerprint density at radius 1 is 1.11 bits per heavy atom. The van der Waals surface area contributed by atoms with Crippen LogP contribution in [-0.4, -0.2) is 73.5 Å². The first-order valence-corrected chi connectivity index (χ1v) is 8.54. The molecule has 1 aromatic carbocycles. The molecule has 27 heavy (non-hydrogen) atoms. The van der Waals surface area contributed by atoms with E-state index in [1.807, 2.05) is 4.90 Å². The summed E-state index contributed by atoms with van der Waals surface area (Å²) in [5, 5.41) is 2.92. The summed E-state index contributed by atoms with van der Waals surface area (Å²) in [6, 6.07) is 7.02. The zero-order valence-corrected chi connectivity index (χ0v) is 17.7. The molecule has 0 saturated carbocycles. The molecule has 9 heteroatoms. The minimum absolute atomic E-state index is 0. The van der Waals surface area contributed by atoms with E-state index in [1.54, 1.807) is 45.2 Å². The topological polar surface area (TPSA) is 87.9 Å². The van der Waals surface area contributed by atoms with Gasteiger partial charge in [-0.05, 0) is 38.1 Å². The lowest BCUT2D eigenvalue weighted by Crippen LogP contribution is -2.57. The van der Waals surface area contributed by atoms with Gasteiger partial charge in [0.15, 0.2) is 0 Å². The molecule has 0 bridgehead atoms. The van der Waals surface area contributed by atoms with Crippen LogP contribution in [-0.2, 0) is 4.79 Å². The molecule has 2 rings (SSSR count). The van der Waals surface area contributed by atoms with Crippen molar-refractivity contribution < 1.29 is 14.3 Å². The van der Waals surface area contributed by atoms with Gasteiger partial charge in [0.05, 0.1) is 12.6 Å². The zero-order valence-electron chi connectivity index (χ0n) is 16.1. The standard InChI is InChI=1S/C18H28N4O3.2ClH/c1-18(2,19)17(24)22-12-10-21(11-13-22)9-8-20-16(23)14-4-6-15(25-3)7-5-14;;/h4-7H,8-13,19H2,1-3H3,(H,20,23);2*1H. The van der Waals surface area contributed by atoms with Gasteiger partial charge in [-0.25, -0.2) is 0 Å². The number of carbonyl (C=O) groups excluding carboxylic acids is 2. The molecule has 0 radical (unpaired) electrons. The second kappa shape index (κ2) is 11.3. The van der Waals surface area contributed by atoms with Gasteiger partial charge in [-0.3, -0.25) is 14.5 Å². The molecule has 1 heterocycles. The van der Waals surface area contributed by atoms with Crippen molar-refractivity contribution in [1.29, 1.82) is 0 Å². The van der Waals surface area contributed by atoms with Gasteiger partial charge in [0.2, 0.25) is 5.91 Å². The molecule has 1 aliphatic rings. The van der Waals surface area contributed by atoms with Gasteiger partial charge in [-0.2, -0.15) is 0 Å². The van der Waals surface area contributed by atoms with Gasteiger partial charge in [-0.1, -0.05) is 0 Å². The Bertz CT molecular complexity index is 598. The van der Waals surface area contributed by atoms with Crippen LogP contribution < -0.4 is 15.8 Å². The van der Waals surface area contributed by atoms with Crippen molar-refractivity contribution in [1.82, 2.24) is 15.1 Å². The van der Waals surface area contributed by atoms with Crippen LogP contribution in [0, 0.1) is 0 Å². The summed E-state index contributed by atoms with van der Waals surface area (Å²) in [5.41, 5.74) is 5.66. The Hall–Kier alpha value is -1.54. The Balaban J connectivity index is 0.00000338. The third-order valence-corrected chi connectivity index (χ3v) is 4.28. The molecule has 0 aliphatic carbocycles. The maximum absolute atomic E-state index is 12.1. The first kappa shape index (κ1) is 25.5. The van der Waals surface area contributed by atoms with Crippen molar-refractivity contribution in [2.45, 2.75) is 19.4 Å². The lowest BCUT2D eigenvalue weighted by atomic mass is 10.0. The van der Waals surface area contributed by atoms with Crippen LogP contribution in [0.3, 0.4) is 0 Å². The van der Waals surface area contributed by atoms with E-state index in [9.17, 15) is 9.59 Å². The normalized spacial score (nSPS) is 14.6. The van der Waals surface area contributed by atoms with Crippen molar-refractivity contribution in [2.75, 3.05) is 46.4 Å². The van der Waals surface area contributed by atoms with Gasteiger partial charge in [0, 0.05) is 44.8 Å². The molecule has 1 aromatic rings. The second-order valence-electron chi connectivity index (χ2n) is 6.84. The number of amides is 2. The van der Waals surface area contributed by atoms with E-state index in [4.69, 9.17) is 10.5 Å². The Labute approximate surface area is 173 Å². The van der Waals surface area contributed by atoms with Crippen LogP contribution in [0.2, 0.25) is 0 Å². The van der Waals surface area contributed by atoms with E-state index < -0.39 is 5.54 Å². The SMILES string of the molecule is COc1ccc(C(=O)NCCN2CCN(C(=O)C(C)(C)N)CC2)cc1.Cl.Cl. The highest BCUT2D eigenvalue weighted by Gasteiger charge is 2.29. The Kier molecular flexibility index (Phi) is 10.7. The summed E-state index contributed by atoms with van der Waals surface area (Å²) in [7, 11) is 1.59. The van der Waals surface area contributed by atoms with E-state index in [-0.39, 0.29) is 36.6 Å². The van der Waals surface area contributed by atoms with Gasteiger partial charge in [-0.15, -0.1) is 24.8 Å². The number of carbonyl (C=O) groups is 2. The van der Waals surface area contributed by atoms with E-state index in [0.717, 1.165) is 25.4 Å². The van der Waals surface area contributed by atoms with Crippen LogP contribution in [0.4, 0.5) is 0 Å². The Morgan fingerprint density at radius 3 is 2.15 bits per heavy atom. The molecule has 1 saturated heterocycles. The quantitative estimate of drug-likeness (QED) is 0.720. The molecule has 0 aromatic heterocycles. The minimum atomic E-state index is -0.825. The summed E-state index contributed by atoms with van der Waals surface area (Å²) in [6.45, 7) is 7.72. The Morgan fingerprint density at radius 2 is 1.67 bits per heavy atom. The third kappa shape index (κ3) is 7.54. The van der Waals surface area contributed by atoms with Crippen molar-refractivity contribution in [3.05, 3.63) is 29.8 Å². The molecule has 3 N–H and O–H groups in total. The number of hydrogen-bond acceptors (Lipinski definition) is 5. The maximum atomic E-state index is 12.1. The highest BCUT2D eigenvalue weighted by atomic mass is 35.5. The minimum Gasteiger partial charge on any atom is -0.497 e. The highest BCUT2D eigenvalue weighted by Crippen LogP contribution is 2.11. The fourth-order valence-electron chi connectivity index (χ4n) is 2.75. The van der Waals surface area contributed by atoms with Gasteiger partial charge < -0.3 is 20.7 Å². The summed E-state index contributed by atoms with van der Waals surface area (Å²) < 4.78 is 5.08. The lowest BCUT2D eigenvalue weighted by Gasteiger charge is -2.37. The van der Waals surface area contributed by atoms with Crippen LogP contribution in [0.5, 0.6) is 5.75 Å². The predicted molar refractivity (Wildman–Crippen MR) is 111 cm³/mol. The summed E-state index contributed by atoms with van der Waals surface area (Å²) >= 11 is 0. The first-order valence-electron chi connectivity index (χ1n) is 8.54. The molecular formula is C18H30Cl2N4O3. The number of nitrogens with two attached hydrogens (primary N) is 1. The van der Waals surface area contributed by atoms with Crippen LogP contribution in [0.25, 0.3) is 0 Å². The molecule has 0 atom stereocenters. The second-order valence-corrected chi connectivity index (χ2v) is 6.84. The van der Waals surface area contributed by atoms with Crippen molar-refractivity contribution in [3.8, 4) is 5.75 Å². The predicted octanol–water partition coefficient (Wildman–Crippen LogP) is 1.15. The van der Waals surface area contributed by atoms with Crippen LogP contribution in [0.15, 0.2) is 24.3 Å². The number of hydrogen-bond donors (Lipinski definition) is 2. The van der Waals surface area contributed by atoms with Crippen LogP contribution >= 0.6 is 24.8 Å². The molecule has 1 aliphatic heterocycles. The number of halogens is 2. The average molecular weight is 421 g/mol. The van der Waals surface area contributed by atoms with E-state index in [1.165, 1.54) is 0 Å². The zero-order chi connectivity index (χ0) is 18.4. The largest absolute Gasteiger partial charge is 0.497 e. The number of ether oxygens (including phenoxy) is 1. The molecular weight excluding hydrogens is 391 g/mol. The summed E-state index contributed by atoms with van der Waals surface area (Å²) in [5.74, 6) is 0.617. The van der Waals surface area contributed by atoms with Gasteiger partial charge in [0.1, 0.15) is 5.75 Å². The third-order valence-electron chi connectivity index (χ3n) is 4.28. The molecule has 0 spiro atoms. The van der Waals surface area contributed by atoms with E-state index in [0.29, 0.717) is 25.2 Å². The average Bonchev–Trinajstić information content (AvgIpc) is 2.61. The van der Waals surface area contributed by atoms with Crippen molar-refractivity contribution >= 4 is 36.6 Å². The van der Waals surface area contributed by atoms with E-state index >= 15 is 0 Å². The molecule has 7 nitrogen and oxygen atoms in total. The lowest BCUT2D eigenvalue weighted by molar-refractivity contribution is -0.137. The number of nitrogens with one attached hydrogen (secondary N) is 1. The molecule has 0 unspecified atom stereocenters. The maximum Gasteiger partial charge on any atom is 0.251 e. The molecule has 2 amide bonds. The molecule has 1 fully saturated rings.